The molecular formula is C18H24O6. The van der Waals surface area contributed by atoms with Crippen LogP contribution in [0, 0.1) is 20.8 Å². The van der Waals surface area contributed by atoms with E-state index in [0.29, 0.717) is 6.42 Å². The fourth-order valence-corrected chi connectivity index (χ4v) is 3.05. The Balaban J connectivity index is 1.93. The van der Waals surface area contributed by atoms with Crippen LogP contribution in [0.25, 0.3) is 0 Å². The van der Waals surface area contributed by atoms with Crippen molar-refractivity contribution in [3.8, 4) is 11.5 Å². The van der Waals surface area contributed by atoms with E-state index in [4.69, 9.17) is 19.3 Å². The summed E-state index contributed by atoms with van der Waals surface area (Å²) in [5.41, 5.74) is 4.40. The van der Waals surface area contributed by atoms with Crippen molar-refractivity contribution in [2.45, 2.75) is 52.6 Å². The fourth-order valence-electron chi connectivity index (χ4n) is 3.05. The van der Waals surface area contributed by atoms with Gasteiger partial charge in [0.1, 0.15) is 17.6 Å². The SMILES string of the molecule is COc1c(C)c(C)c2c(c1C)CC(CCOC(=O)CCC(=O)O)O2. The summed E-state index contributed by atoms with van der Waals surface area (Å²) < 4.78 is 16.6. The summed E-state index contributed by atoms with van der Waals surface area (Å²) in [6.07, 6.45) is 0.979. The van der Waals surface area contributed by atoms with E-state index in [2.05, 4.69) is 0 Å². The van der Waals surface area contributed by atoms with Crippen molar-refractivity contribution < 1.29 is 28.9 Å². The van der Waals surface area contributed by atoms with E-state index >= 15 is 0 Å². The third-order valence-corrected chi connectivity index (χ3v) is 4.48. The maximum Gasteiger partial charge on any atom is 0.306 e. The molecule has 0 spiro atoms. The number of carboxylic acids is 1. The number of methoxy groups -OCH3 is 1. The Morgan fingerprint density at radius 3 is 2.50 bits per heavy atom. The van der Waals surface area contributed by atoms with Gasteiger partial charge in [-0.15, -0.1) is 0 Å². The molecule has 1 aromatic rings. The van der Waals surface area contributed by atoms with Gasteiger partial charge in [0.05, 0.1) is 26.6 Å². The number of aliphatic carboxylic acids is 1. The average molecular weight is 336 g/mol. The highest BCUT2D eigenvalue weighted by Crippen LogP contribution is 2.42. The number of rotatable bonds is 7. The molecular weight excluding hydrogens is 312 g/mol. The predicted molar refractivity (Wildman–Crippen MR) is 87.8 cm³/mol. The molecule has 0 aliphatic carbocycles. The Morgan fingerprint density at radius 1 is 1.17 bits per heavy atom. The molecule has 0 fully saturated rings. The molecule has 24 heavy (non-hydrogen) atoms. The van der Waals surface area contributed by atoms with E-state index in [1.807, 2.05) is 20.8 Å². The number of carbonyl (C=O) groups is 2. The largest absolute Gasteiger partial charge is 0.496 e. The molecule has 0 radical (unpaired) electrons. The first kappa shape index (κ1) is 18.1. The Morgan fingerprint density at radius 2 is 1.88 bits per heavy atom. The molecule has 1 aliphatic rings. The van der Waals surface area contributed by atoms with E-state index in [-0.39, 0.29) is 25.6 Å². The summed E-state index contributed by atoms with van der Waals surface area (Å²) in [4.78, 5) is 21.9. The Hall–Kier alpha value is -2.24. The second kappa shape index (κ2) is 7.55. The molecule has 0 saturated heterocycles. The van der Waals surface area contributed by atoms with E-state index in [9.17, 15) is 9.59 Å². The minimum atomic E-state index is -1.00. The summed E-state index contributed by atoms with van der Waals surface area (Å²) in [5.74, 6) is 0.318. The first-order valence-corrected chi connectivity index (χ1v) is 8.05. The Bertz CT molecular complexity index is 650. The number of fused-ring (bicyclic) bond motifs is 1. The van der Waals surface area contributed by atoms with Gasteiger partial charge in [0.15, 0.2) is 0 Å². The summed E-state index contributed by atoms with van der Waals surface area (Å²) >= 11 is 0. The monoisotopic (exact) mass is 336 g/mol. The lowest BCUT2D eigenvalue weighted by molar-refractivity contribution is -0.148. The smallest absolute Gasteiger partial charge is 0.306 e. The number of carbonyl (C=O) groups excluding carboxylic acids is 1. The molecule has 132 valence electrons. The minimum Gasteiger partial charge on any atom is -0.496 e. The molecule has 0 amide bonds. The Labute approximate surface area is 141 Å². The lowest BCUT2D eigenvalue weighted by Crippen LogP contribution is -2.18. The van der Waals surface area contributed by atoms with E-state index < -0.39 is 11.9 Å². The lowest BCUT2D eigenvalue weighted by atomic mass is 9.95. The fraction of sp³-hybridized carbons (Fsp3) is 0.556. The van der Waals surface area contributed by atoms with Gasteiger partial charge >= 0.3 is 11.9 Å². The van der Waals surface area contributed by atoms with Crippen LogP contribution in [0.3, 0.4) is 0 Å². The number of ether oxygens (including phenoxy) is 3. The normalized spacial score (nSPS) is 15.6. The number of hydrogen-bond acceptors (Lipinski definition) is 5. The minimum absolute atomic E-state index is 0.0452. The summed E-state index contributed by atoms with van der Waals surface area (Å²) in [6, 6.07) is 0. The van der Waals surface area contributed by atoms with E-state index in [1.54, 1.807) is 7.11 Å². The number of esters is 1. The zero-order valence-electron chi connectivity index (χ0n) is 14.6. The van der Waals surface area contributed by atoms with Gasteiger partial charge in [0, 0.05) is 18.4 Å². The van der Waals surface area contributed by atoms with Gasteiger partial charge in [0.25, 0.3) is 0 Å². The second-order valence-electron chi connectivity index (χ2n) is 6.06. The van der Waals surface area contributed by atoms with Crippen LogP contribution < -0.4 is 9.47 Å². The number of benzene rings is 1. The molecule has 2 rings (SSSR count). The van der Waals surface area contributed by atoms with Gasteiger partial charge in [-0.05, 0) is 37.5 Å². The molecule has 1 aliphatic heterocycles. The van der Waals surface area contributed by atoms with Crippen LogP contribution >= 0.6 is 0 Å². The predicted octanol–water partition coefficient (Wildman–Crippen LogP) is 2.72. The zero-order chi connectivity index (χ0) is 17.9. The standard InChI is InChI=1S/C18H24O6/c1-10-11(2)18-14(12(3)17(10)22-4)9-13(24-18)7-8-23-16(21)6-5-15(19)20/h13H,5-9H2,1-4H3,(H,19,20). The molecule has 6 heteroatoms. The van der Waals surface area contributed by atoms with Crippen LogP contribution in [0.1, 0.15) is 41.5 Å². The molecule has 1 atom stereocenters. The molecule has 1 heterocycles. The van der Waals surface area contributed by atoms with Crippen LogP contribution in [-0.4, -0.2) is 36.9 Å². The van der Waals surface area contributed by atoms with E-state index in [1.165, 1.54) is 0 Å². The van der Waals surface area contributed by atoms with Gasteiger partial charge in [0.2, 0.25) is 0 Å². The first-order valence-electron chi connectivity index (χ1n) is 8.05. The van der Waals surface area contributed by atoms with Gasteiger partial charge in [-0.25, -0.2) is 0 Å². The summed E-state index contributed by atoms with van der Waals surface area (Å²) in [5, 5.41) is 8.54. The zero-order valence-corrected chi connectivity index (χ0v) is 14.6. The van der Waals surface area contributed by atoms with Crippen molar-refractivity contribution in [1.82, 2.24) is 0 Å². The molecule has 0 saturated carbocycles. The highest BCUT2D eigenvalue weighted by atomic mass is 16.5. The lowest BCUT2D eigenvalue weighted by Gasteiger charge is -2.16. The third kappa shape index (κ3) is 3.80. The highest BCUT2D eigenvalue weighted by Gasteiger charge is 2.29. The topological polar surface area (TPSA) is 82.1 Å². The van der Waals surface area contributed by atoms with Crippen LogP contribution in [0.5, 0.6) is 11.5 Å². The number of carboxylic acid groups (broad SMARTS) is 1. The van der Waals surface area contributed by atoms with Crippen LogP contribution in [0.4, 0.5) is 0 Å². The third-order valence-electron chi connectivity index (χ3n) is 4.48. The van der Waals surface area contributed by atoms with Gasteiger partial charge in [-0.3, -0.25) is 9.59 Å². The second-order valence-corrected chi connectivity index (χ2v) is 6.06. The quantitative estimate of drug-likeness (QED) is 0.771. The first-order chi connectivity index (χ1) is 11.3. The van der Waals surface area contributed by atoms with Gasteiger partial charge in [-0.1, -0.05) is 0 Å². The van der Waals surface area contributed by atoms with Crippen molar-refractivity contribution in [3.63, 3.8) is 0 Å². The molecule has 0 aromatic heterocycles. The van der Waals surface area contributed by atoms with E-state index in [0.717, 1.165) is 40.2 Å². The van der Waals surface area contributed by atoms with Crippen molar-refractivity contribution in [2.75, 3.05) is 13.7 Å². The van der Waals surface area contributed by atoms with Crippen LogP contribution in [0.2, 0.25) is 0 Å². The Kier molecular flexibility index (Phi) is 5.70. The molecule has 1 aromatic carbocycles. The molecule has 1 unspecified atom stereocenters. The molecule has 0 bridgehead atoms. The highest BCUT2D eigenvalue weighted by molar-refractivity contribution is 5.76. The molecule has 1 N–H and O–H groups in total. The maximum absolute atomic E-state index is 11.4. The maximum atomic E-state index is 11.4. The average Bonchev–Trinajstić information content (AvgIpc) is 2.96. The van der Waals surface area contributed by atoms with Gasteiger partial charge < -0.3 is 19.3 Å². The van der Waals surface area contributed by atoms with Crippen molar-refractivity contribution in [3.05, 3.63) is 22.3 Å². The van der Waals surface area contributed by atoms with Crippen molar-refractivity contribution in [2.24, 2.45) is 0 Å². The van der Waals surface area contributed by atoms with Crippen LogP contribution in [0.15, 0.2) is 0 Å². The van der Waals surface area contributed by atoms with Crippen molar-refractivity contribution in [1.29, 1.82) is 0 Å². The van der Waals surface area contributed by atoms with Crippen LogP contribution in [-0.2, 0) is 20.7 Å². The summed E-state index contributed by atoms with van der Waals surface area (Å²) in [7, 11) is 1.67. The van der Waals surface area contributed by atoms with Gasteiger partial charge in [-0.2, -0.15) is 0 Å². The number of hydrogen-bond donors (Lipinski definition) is 1. The summed E-state index contributed by atoms with van der Waals surface area (Å²) in [6.45, 7) is 6.29. The van der Waals surface area contributed by atoms with Crippen molar-refractivity contribution >= 4 is 11.9 Å². The molecule has 6 nitrogen and oxygen atoms in total.